The highest BCUT2D eigenvalue weighted by atomic mass is 32.1. The van der Waals surface area contributed by atoms with E-state index in [4.69, 9.17) is 0 Å². The molecule has 6 aromatic rings. The third kappa shape index (κ3) is 2.00. The number of fused-ring (bicyclic) bond motifs is 7. The molecule has 0 aliphatic heterocycles. The molecule has 0 saturated carbocycles. The molecule has 2 heterocycles. The van der Waals surface area contributed by atoms with E-state index < -0.39 is 0 Å². The van der Waals surface area contributed by atoms with Crippen molar-refractivity contribution in [2.45, 2.75) is 13.3 Å². The summed E-state index contributed by atoms with van der Waals surface area (Å²) >= 11 is 3.88. The molecule has 0 aliphatic carbocycles. The van der Waals surface area contributed by atoms with Crippen molar-refractivity contribution in [2.24, 2.45) is 0 Å². The van der Waals surface area contributed by atoms with Gasteiger partial charge >= 0.3 is 0 Å². The maximum atomic E-state index is 2.39. The Morgan fingerprint density at radius 1 is 0.615 bits per heavy atom. The van der Waals surface area contributed by atoms with Gasteiger partial charge in [0.25, 0.3) is 0 Å². The molecule has 0 nitrogen and oxygen atoms in total. The molecule has 0 fully saturated rings. The van der Waals surface area contributed by atoms with Crippen molar-refractivity contribution >= 4 is 73.8 Å². The Bertz CT molecular complexity index is 1460. The van der Waals surface area contributed by atoms with Gasteiger partial charge in [0, 0.05) is 20.2 Å². The summed E-state index contributed by atoms with van der Waals surface area (Å²) in [5.74, 6) is 0. The van der Waals surface area contributed by atoms with Crippen LogP contribution in [0.3, 0.4) is 0 Å². The lowest BCUT2D eigenvalue weighted by Crippen LogP contribution is -1.80. The van der Waals surface area contributed by atoms with Crippen molar-refractivity contribution < 1.29 is 0 Å². The first-order valence-corrected chi connectivity index (χ1v) is 10.6. The second-order valence-electron chi connectivity index (χ2n) is 6.94. The topological polar surface area (TPSA) is 0 Å². The molecule has 124 valence electrons. The molecule has 2 aromatic heterocycles. The van der Waals surface area contributed by atoms with Gasteiger partial charge in [0.15, 0.2) is 0 Å². The van der Waals surface area contributed by atoms with E-state index in [9.17, 15) is 0 Å². The van der Waals surface area contributed by atoms with Gasteiger partial charge in [0.1, 0.15) is 0 Å². The molecule has 6 rings (SSSR count). The average Bonchev–Trinajstić information content (AvgIpc) is 3.19. The standard InChI is InChI=1S/C24H16S2/c1-2-14-7-8-17-11-20-22(13-18(17)9-14)26-23-19-10-15-5-3-4-6-16(15)12-21(19)25-24(20)23/h3-13H,2H2,1H3. The fourth-order valence-electron chi connectivity index (χ4n) is 3.96. The smallest absolute Gasteiger partial charge is 0.0542 e. The quantitative estimate of drug-likeness (QED) is 0.275. The van der Waals surface area contributed by atoms with Crippen LogP contribution in [0.1, 0.15) is 12.5 Å². The number of benzene rings is 4. The summed E-state index contributed by atoms with van der Waals surface area (Å²) in [4.78, 5) is 0. The highest BCUT2D eigenvalue weighted by Gasteiger charge is 2.13. The van der Waals surface area contributed by atoms with Crippen LogP contribution in [0.25, 0.3) is 51.1 Å². The molecule has 0 atom stereocenters. The van der Waals surface area contributed by atoms with Crippen molar-refractivity contribution in [1.82, 2.24) is 0 Å². The van der Waals surface area contributed by atoms with E-state index in [0.29, 0.717) is 0 Å². The summed E-state index contributed by atoms with van der Waals surface area (Å²) in [6, 6.07) is 25.0. The van der Waals surface area contributed by atoms with E-state index in [2.05, 4.69) is 73.7 Å². The van der Waals surface area contributed by atoms with Gasteiger partial charge in [-0.1, -0.05) is 49.4 Å². The van der Waals surface area contributed by atoms with Crippen molar-refractivity contribution in [3.05, 3.63) is 72.3 Å². The van der Waals surface area contributed by atoms with Crippen LogP contribution >= 0.6 is 22.7 Å². The van der Waals surface area contributed by atoms with E-state index >= 15 is 0 Å². The summed E-state index contributed by atoms with van der Waals surface area (Å²) in [5, 5.41) is 8.18. The summed E-state index contributed by atoms with van der Waals surface area (Å²) in [6.45, 7) is 2.22. The van der Waals surface area contributed by atoms with Gasteiger partial charge in [0.2, 0.25) is 0 Å². The minimum Gasteiger partial charge on any atom is -0.134 e. The fraction of sp³-hybridized carbons (Fsp3) is 0.0833. The Morgan fingerprint density at radius 2 is 1.19 bits per heavy atom. The highest BCUT2D eigenvalue weighted by molar-refractivity contribution is 7.36. The molecular formula is C24H16S2. The number of aryl methyl sites for hydroxylation is 1. The Hall–Kier alpha value is -2.42. The Kier molecular flexibility index (Phi) is 3.00. The maximum Gasteiger partial charge on any atom is 0.0542 e. The molecule has 0 unspecified atom stereocenters. The Morgan fingerprint density at radius 3 is 1.85 bits per heavy atom. The normalized spacial score (nSPS) is 12.2. The molecule has 0 saturated heterocycles. The average molecular weight is 369 g/mol. The predicted octanol–water partition coefficient (Wildman–Crippen LogP) is 8.14. The van der Waals surface area contributed by atoms with Crippen LogP contribution in [0.15, 0.2) is 66.7 Å². The molecule has 2 heteroatoms. The monoisotopic (exact) mass is 368 g/mol. The van der Waals surface area contributed by atoms with Gasteiger partial charge < -0.3 is 0 Å². The minimum atomic E-state index is 1.09. The van der Waals surface area contributed by atoms with Crippen LogP contribution in [-0.4, -0.2) is 0 Å². The lowest BCUT2D eigenvalue weighted by Gasteiger charge is -2.02. The van der Waals surface area contributed by atoms with Crippen molar-refractivity contribution in [3.8, 4) is 0 Å². The van der Waals surface area contributed by atoms with Gasteiger partial charge in [-0.2, -0.15) is 0 Å². The van der Waals surface area contributed by atoms with Crippen LogP contribution in [0.2, 0.25) is 0 Å². The first kappa shape index (κ1) is 14.7. The maximum absolute atomic E-state index is 2.39. The van der Waals surface area contributed by atoms with Crippen LogP contribution in [0.5, 0.6) is 0 Å². The number of thiophene rings is 2. The van der Waals surface area contributed by atoms with Gasteiger partial charge in [-0.25, -0.2) is 0 Å². The molecule has 0 spiro atoms. The summed E-state index contributed by atoms with van der Waals surface area (Å²) < 4.78 is 5.68. The largest absolute Gasteiger partial charge is 0.134 e. The zero-order valence-corrected chi connectivity index (χ0v) is 16.0. The number of hydrogen-bond acceptors (Lipinski definition) is 2. The fourth-order valence-corrected chi connectivity index (χ4v) is 6.65. The third-order valence-electron chi connectivity index (χ3n) is 5.38. The lowest BCUT2D eigenvalue weighted by molar-refractivity contribution is 1.15. The Labute approximate surface area is 159 Å². The third-order valence-corrected chi connectivity index (χ3v) is 7.88. The van der Waals surface area contributed by atoms with Crippen molar-refractivity contribution in [3.63, 3.8) is 0 Å². The molecule has 0 N–H and O–H groups in total. The molecule has 0 aliphatic rings. The first-order chi connectivity index (χ1) is 12.8. The van der Waals surface area contributed by atoms with E-state index in [1.807, 2.05) is 22.7 Å². The SMILES string of the molecule is CCc1ccc2cc3c(cc2c1)sc1c2cc4ccccc4cc2sc31. The van der Waals surface area contributed by atoms with Crippen LogP contribution in [0, 0.1) is 0 Å². The van der Waals surface area contributed by atoms with E-state index in [1.54, 1.807) is 0 Å². The Balaban J connectivity index is 1.73. The van der Waals surface area contributed by atoms with Crippen molar-refractivity contribution in [1.29, 1.82) is 0 Å². The molecular weight excluding hydrogens is 352 g/mol. The minimum absolute atomic E-state index is 1.09. The van der Waals surface area contributed by atoms with Crippen molar-refractivity contribution in [2.75, 3.05) is 0 Å². The predicted molar refractivity (Wildman–Crippen MR) is 119 cm³/mol. The van der Waals surface area contributed by atoms with E-state index in [-0.39, 0.29) is 0 Å². The van der Waals surface area contributed by atoms with Crippen LogP contribution in [0.4, 0.5) is 0 Å². The molecule has 26 heavy (non-hydrogen) atoms. The van der Waals surface area contributed by atoms with Gasteiger partial charge in [0.05, 0.1) is 9.40 Å². The lowest BCUT2D eigenvalue weighted by atomic mass is 10.0. The zero-order valence-electron chi connectivity index (χ0n) is 14.4. The second kappa shape index (κ2) is 5.29. The molecule has 0 radical (unpaired) electrons. The number of hydrogen-bond donors (Lipinski definition) is 0. The second-order valence-corrected chi connectivity index (χ2v) is 9.05. The summed E-state index contributed by atoms with van der Waals surface area (Å²) in [7, 11) is 0. The number of rotatable bonds is 1. The first-order valence-electron chi connectivity index (χ1n) is 9.00. The molecule has 0 amide bonds. The van der Waals surface area contributed by atoms with Crippen LogP contribution < -0.4 is 0 Å². The summed E-state index contributed by atoms with van der Waals surface area (Å²) in [5.41, 5.74) is 1.41. The highest BCUT2D eigenvalue weighted by Crippen LogP contribution is 2.46. The molecule has 0 bridgehead atoms. The van der Waals surface area contributed by atoms with E-state index in [0.717, 1.165) is 6.42 Å². The van der Waals surface area contributed by atoms with Gasteiger partial charge in [-0.3, -0.25) is 0 Å². The van der Waals surface area contributed by atoms with Crippen LogP contribution in [-0.2, 0) is 6.42 Å². The zero-order chi connectivity index (χ0) is 17.3. The van der Waals surface area contributed by atoms with Gasteiger partial charge in [-0.15, -0.1) is 22.7 Å². The van der Waals surface area contributed by atoms with E-state index in [1.165, 1.54) is 56.7 Å². The van der Waals surface area contributed by atoms with Gasteiger partial charge in [-0.05, 0) is 57.8 Å². The molecule has 4 aromatic carbocycles. The summed E-state index contributed by atoms with van der Waals surface area (Å²) in [6.07, 6.45) is 1.09.